The van der Waals surface area contributed by atoms with Crippen molar-refractivity contribution in [2.75, 3.05) is 17.0 Å². The molecule has 3 aromatic carbocycles. The molecule has 0 N–H and O–H groups in total. The fraction of sp³-hybridized carbons (Fsp3) is 0.259. The molecule has 3 unspecified atom stereocenters. The number of carbonyl (C=O) groups is 1. The van der Waals surface area contributed by atoms with Crippen molar-refractivity contribution in [1.82, 2.24) is 0 Å². The summed E-state index contributed by atoms with van der Waals surface area (Å²) in [5.74, 6) is -1.98. The van der Waals surface area contributed by atoms with Gasteiger partial charge in [0, 0.05) is 16.7 Å². The molecular formula is C27H27N3O5S. The molecular weight excluding hydrogens is 478 g/mol. The Labute approximate surface area is 210 Å². The highest BCUT2D eigenvalue weighted by molar-refractivity contribution is 7.90. The highest BCUT2D eigenvalue weighted by Crippen LogP contribution is 2.36. The molecule has 0 spiro atoms. The van der Waals surface area contributed by atoms with Crippen LogP contribution in [0, 0.1) is 24.0 Å². The van der Waals surface area contributed by atoms with Crippen LogP contribution in [0.25, 0.3) is 0 Å². The third-order valence-electron chi connectivity index (χ3n) is 6.28. The van der Waals surface area contributed by atoms with Gasteiger partial charge in [0.1, 0.15) is 27.5 Å². The van der Waals surface area contributed by atoms with E-state index >= 15 is 0 Å². The van der Waals surface area contributed by atoms with Gasteiger partial charge in [-0.3, -0.25) is 19.9 Å². The van der Waals surface area contributed by atoms with E-state index in [4.69, 9.17) is 0 Å². The van der Waals surface area contributed by atoms with Crippen LogP contribution in [-0.2, 0) is 9.84 Å². The average Bonchev–Trinajstić information content (AvgIpc) is 2.84. The maximum atomic E-state index is 13.7. The summed E-state index contributed by atoms with van der Waals surface area (Å²) in [5, 5.41) is 18.7. The number of benzene rings is 3. The van der Waals surface area contributed by atoms with Gasteiger partial charge in [0.05, 0.1) is 11.4 Å². The number of ketones is 1. The minimum absolute atomic E-state index is 0.00270. The first-order valence-electron chi connectivity index (χ1n) is 11.5. The third kappa shape index (κ3) is 5.36. The zero-order chi connectivity index (χ0) is 26.0. The van der Waals surface area contributed by atoms with Crippen molar-refractivity contribution >= 4 is 27.0 Å². The Hall–Kier alpha value is -3.85. The van der Waals surface area contributed by atoms with Gasteiger partial charge in [-0.25, -0.2) is 8.42 Å². The van der Waals surface area contributed by atoms with Crippen molar-refractivity contribution in [2.45, 2.75) is 31.8 Å². The Morgan fingerprint density at radius 3 is 2.03 bits per heavy atom. The molecule has 9 heteroatoms. The lowest BCUT2D eigenvalue weighted by Gasteiger charge is -2.39. The van der Waals surface area contributed by atoms with Gasteiger partial charge in [0.2, 0.25) is 11.8 Å². The van der Waals surface area contributed by atoms with E-state index in [1.165, 1.54) is 5.01 Å². The molecule has 3 aromatic rings. The fourth-order valence-electron chi connectivity index (χ4n) is 4.52. The van der Waals surface area contributed by atoms with Crippen LogP contribution in [0.1, 0.15) is 33.0 Å². The fourth-order valence-corrected chi connectivity index (χ4v) is 5.48. The number of aryl methyl sites for hydroxylation is 2. The number of anilines is 1. The Morgan fingerprint density at radius 1 is 0.944 bits per heavy atom. The highest BCUT2D eigenvalue weighted by Gasteiger charge is 2.52. The molecule has 0 aromatic heterocycles. The van der Waals surface area contributed by atoms with Crippen LogP contribution in [0.15, 0.2) is 84.0 Å². The molecule has 0 bridgehead atoms. The summed E-state index contributed by atoms with van der Waals surface area (Å²) in [6, 6.07) is 20.1. The number of nitrogens with zero attached hydrogens (tertiary/aromatic N) is 3. The first-order valence-corrected chi connectivity index (χ1v) is 13.5. The number of carbonyl (C=O) groups excluding carboxylic acids is 1. The number of hydrazone groups is 1. The maximum absolute atomic E-state index is 13.7. The second-order valence-corrected chi connectivity index (χ2v) is 11.4. The summed E-state index contributed by atoms with van der Waals surface area (Å²) >= 11 is 0. The quantitative estimate of drug-likeness (QED) is 0.270. The van der Waals surface area contributed by atoms with E-state index in [9.17, 15) is 23.3 Å². The predicted octanol–water partition coefficient (Wildman–Crippen LogP) is 4.20. The molecule has 0 fully saturated rings. The molecule has 1 aliphatic rings. The topological polar surface area (TPSA) is 110 Å². The smallest absolute Gasteiger partial charge is 0.248 e. The number of Topliss-reactive ketones (excluding diaryl/α,β-unsaturated/α-hetero) is 1. The maximum Gasteiger partial charge on any atom is 0.248 e. The van der Waals surface area contributed by atoms with Crippen LogP contribution in [-0.4, -0.2) is 48.9 Å². The number of sulfone groups is 1. The number of nitro groups is 1. The molecule has 8 nitrogen and oxygen atoms in total. The Balaban J connectivity index is 1.99. The first kappa shape index (κ1) is 25.2. The summed E-state index contributed by atoms with van der Waals surface area (Å²) in [6.45, 7) is 3.79. The Bertz CT molecular complexity index is 1400. The second kappa shape index (κ2) is 10.0. The van der Waals surface area contributed by atoms with Crippen molar-refractivity contribution in [3.05, 3.63) is 111 Å². The number of hydrogen-bond acceptors (Lipinski definition) is 7. The zero-order valence-corrected chi connectivity index (χ0v) is 21.1. The van der Waals surface area contributed by atoms with Crippen LogP contribution in [0.3, 0.4) is 0 Å². The van der Waals surface area contributed by atoms with Crippen LogP contribution in [0.2, 0.25) is 0 Å². The predicted molar refractivity (Wildman–Crippen MR) is 140 cm³/mol. The minimum Gasteiger partial charge on any atom is -0.287 e. The van der Waals surface area contributed by atoms with Gasteiger partial charge in [-0.05, 0) is 31.5 Å². The van der Waals surface area contributed by atoms with Gasteiger partial charge in [-0.15, -0.1) is 0 Å². The van der Waals surface area contributed by atoms with Gasteiger partial charge in [-0.2, -0.15) is 5.10 Å². The normalized spacial score (nSPS) is 20.0. The molecule has 0 radical (unpaired) electrons. The molecule has 36 heavy (non-hydrogen) atoms. The van der Waals surface area contributed by atoms with Crippen molar-refractivity contribution in [3.63, 3.8) is 0 Å². The van der Waals surface area contributed by atoms with E-state index < -0.39 is 44.3 Å². The standard InChI is InChI=1S/C27H27N3O5S/c1-18-9-13-20(14-10-18)24-25(27(31)21-7-5-4-6-8-21)28-29(22-15-11-19(2)12-16-22)23(17-36(3,34)35)26(24)30(32)33/h4-16,23-24,26H,17H2,1-3H3. The third-order valence-corrected chi connectivity index (χ3v) is 7.23. The molecule has 3 atom stereocenters. The van der Waals surface area contributed by atoms with Gasteiger partial charge in [0.25, 0.3) is 0 Å². The molecule has 1 aliphatic heterocycles. The number of hydrogen-bond donors (Lipinski definition) is 0. The van der Waals surface area contributed by atoms with Gasteiger partial charge >= 0.3 is 0 Å². The molecule has 0 saturated carbocycles. The van der Waals surface area contributed by atoms with Crippen LogP contribution >= 0.6 is 0 Å². The van der Waals surface area contributed by atoms with E-state index in [-0.39, 0.29) is 5.71 Å². The zero-order valence-electron chi connectivity index (χ0n) is 20.2. The first-order chi connectivity index (χ1) is 17.0. The second-order valence-electron chi connectivity index (χ2n) is 9.18. The molecule has 0 saturated heterocycles. The summed E-state index contributed by atoms with van der Waals surface area (Å²) < 4.78 is 24.9. The number of rotatable bonds is 7. The lowest BCUT2D eigenvalue weighted by Crippen LogP contribution is -2.57. The lowest BCUT2D eigenvalue weighted by atomic mass is 9.79. The average molecular weight is 506 g/mol. The van der Waals surface area contributed by atoms with Gasteiger partial charge < -0.3 is 0 Å². The van der Waals surface area contributed by atoms with Crippen molar-refractivity contribution < 1.29 is 18.1 Å². The molecule has 1 heterocycles. The van der Waals surface area contributed by atoms with Gasteiger partial charge in [-0.1, -0.05) is 77.9 Å². The van der Waals surface area contributed by atoms with Crippen molar-refractivity contribution in [2.24, 2.45) is 5.10 Å². The van der Waals surface area contributed by atoms with Crippen LogP contribution < -0.4 is 5.01 Å². The molecule has 0 amide bonds. The van der Waals surface area contributed by atoms with Crippen LogP contribution in [0.5, 0.6) is 0 Å². The van der Waals surface area contributed by atoms with Crippen molar-refractivity contribution in [1.29, 1.82) is 0 Å². The highest BCUT2D eigenvalue weighted by atomic mass is 32.2. The molecule has 4 rings (SSSR count). The monoisotopic (exact) mass is 505 g/mol. The Kier molecular flexibility index (Phi) is 7.03. The Morgan fingerprint density at radius 2 is 1.50 bits per heavy atom. The summed E-state index contributed by atoms with van der Waals surface area (Å²) in [7, 11) is -3.64. The summed E-state index contributed by atoms with van der Waals surface area (Å²) in [5.41, 5.74) is 3.27. The molecule has 0 aliphatic carbocycles. The SMILES string of the molecule is Cc1ccc(C2C(C(=O)c3ccccc3)=NN(c3ccc(C)cc3)C(CS(C)(=O)=O)C2[N+](=O)[O-])cc1. The summed E-state index contributed by atoms with van der Waals surface area (Å²) in [4.78, 5) is 25.9. The van der Waals surface area contributed by atoms with E-state index in [2.05, 4.69) is 5.10 Å². The van der Waals surface area contributed by atoms with Crippen molar-refractivity contribution in [3.8, 4) is 0 Å². The largest absolute Gasteiger partial charge is 0.287 e. The lowest BCUT2D eigenvalue weighted by molar-refractivity contribution is -0.526. The summed E-state index contributed by atoms with van der Waals surface area (Å²) in [6.07, 6.45) is 1.05. The minimum atomic E-state index is -3.64. The van der Waals surface area contributed by atoms with E-state index in [0.717, 1.165) is 17.4 Å². The van der Waals surface area contributed by atoms with E-state index in [1.807, 2.05) is 38.1 Å². The van der Waals surface area contributed by atoms with Gasteiger partial charge in [0.15, 0.2) is 0 Å². The van der Waals surface area contributed by atoms with E-state index in [1.54, 1.807) is 54.6 Å². The molecule has 186 valence electrons. The van der Waals surface area contributed by atoms with Crippen LogP contribution in [0.4, 0.5) is 5.69 Å². The van der Waals surface area contributed by atoms with E-state index in [0.29, 0.717) is 16.8 Å².